The van der Waals surface area contributed by atoms with Crippen LogP contribution in [0.15, 0.2) is 47.4 Å². The lowest BCUT2D eigenvalue weighted by atomic mass is 9.80. The van der Waals surface area contributed by atoms with Crippen molar-refractivity contribution in [3.8, 4) is 6.07 Å². The van der Waals surface area contributed by atoms with E-state index < -0.39 is 17.8 Å². The summed E-state index contributed by atoms with van der Waals surface area (Å²) in [5.74, 6) is -0.240. The van der Waals surface area contributed by atoms with Crippen LogP contribution in [0.5, 0.6) is 0 Å². The van der Waals surface area contributed by atoms with Gasteiger partial charge in [-0.05, 0) is 42.1 Å². The average Bonchev–Trinajstić information content (AvgIpc) is 2.61. The molecule has 9 heteroatoms. The quantitative estimate of drug-likeness (QED) is 0.405. The van der Waals surface area contributed by atoms with Crippen molar-refractivity contribution in [1.82, 2.24) is 0 Å². The lowest BCUT2D eigenvalue weighted by Gasteiger charge is -2.07. The minimum absolute atomic E-state index is 0.00919. The van der Waals surface area contributed by atoms with Crippen LogP contribution in [0.3, 0.4) is 0 Å². The van der Waals surface area contributed by atoms with Crippen molar-refractivity contribution in [3.05, 3.63) is 53.6 Å². The summed E-state index contributed by atoms with van der Waals surface area (Å²) in [5.41, 5.74) is 1.74. The fourth-order valence-electron chi connectivity index (χ4n) is 2.40. The molecule has 3 N–H and O–H groups in total. The second-order valence-corrected chi connectivity index (χ2v) is 6.61. The maximum atomic E-state index is 12.0. The van der Waals surface area contributed by atoms with Gasteiger partial charge in [-0.3, -0.25) is 4.79 Å². The monoisotopic (exact) mass is 372 g/mol. The van der Waals surface area contributed by atoms with Gasteiger partial charge in [0.05, 0.1) is 10.5 Å². The molecule has 0 aliphatic heterocycles. The number of carbonyl (C=O) groups is 1. The molecule has 2 aromatic rings. The molecule has 134 valence electrons. The highest BCUT2D eigenvalue weighted by atomic mass is 32.2. The standard InChI is InChI=1S/C17H17BN2O5S/c19-11-13-10-15(8-9-16(13)26(24)25)20-17(21)3-1-2-12-4-6-14(7-5-12)18(22)23/h4-10,22-23,26H,1-3H2,(H,20,21). The lowest BCUT2D eigenvalue weighted by Crippen LogP contribution is -2.29. The van der Waals surface area contributed by atoms with Crippen LogP contribution in [0.4, 0.5) is 5.69 Å². The largest absolute Gasteiger partial charge is 0.488 e. The van der Waals surface area contributed by atoms with Gasteiger partial charge in [-0.15, -0.1) is 0 Å². The van der Waals surface area contributed by atoms with E-state index in [-0.39, 0.29) is 22.8 Å². The summed E-state index contributed by atoms with van der Waals surface area (Å²) in [4.78, 5) is 11.9. The normalized spacial score (nSPS) is 10.4. The second-order valence-electron chi connectivity index (χ2n) is 5.62. The lowest BCUT2D eigenvalue weighted by molar-refractivity contribution is -0.116. The zero-order chi connectivity index (χ0) is 19.1. The molecular formula is C17H17BN2O5S. The summed E-state index contributed by atoms with van der Waals surface area (Å²) < 4.78 is 22.0. The third-order valence-electron chi connectivity index (χ3n) is 3.74. The zero-order valence-electron chi connectivity index (χ0n) is 13.8. The summed E-state index contributed by atoms with van der Waals surface area (Å²) in [6.07, 6.45) is 1.49. The first-order valence-corrected chi connectivity index (χ1v) is 9.02. The molecule has 0 aliphatic carbocycles. The minimum Gasteiger partial charge on any atom is -0.423 e. The fourth-order valence-corrected chi connectivity index (χ4v) is 2.90. The van der Waals surface area contributed by atoms with Gasteiger partial charge in [0.1, 0.15) is 6.07 Å². The van der Waals surface area contributed by atoms with E-state index in [2.05, 4.69) is 5.32 Å². The molecule has 0 aliphatic rings. The summed E-state index contributed by atoms with van der Waals surface area (Å²) in [6.45, 7) is 0. The molecule has 0 unspecified atom stereocenters. The summed E-state index contributed by atoms with van der Waals surface area (Å²) in [6, 6.07) is 12.6. The van der Waals surface area contributed by atoms with E-state index in [1.54, 1.807) is 30.3 Å². The maximum absolute atomic E-state index is 12.0. The van der Waals surface area contributed by atoms with E-state index in [4.69, 9.17) is 15.3 Å². The van der Waals surface area contributed by atoms with Gasteiger partial charge in [0.15, 0.2) is 10.7 Å². The molecular weight excluding hydrogens is 355 g/mol. The Kier molecular flexibility index (Phi) is 6.92. The van der Waals surface area contributed by atoms with E-state index in [0.29, 0.717) is 24.0 Å². The van der Waals surface area contributed by atoms with Crippen molar-refractivity contribution in [3.63, 3.8) is 0 Å². The number of hydrogen-bond donors (Lipinski definition) is 4. The Morgan fingerprint density at radius 1 is 1.15 bits per heavy atom. The van der Waals surface area contributed by atoms with Gasteiger partial charge in [0, 0.05) is 12.1 Å². The molecule has 0 heterocycles. The van der Waals surface area contributed by atoms with Crippen molar-refractivity contribution in [2.45, 2.75) is 24.2 Å². The molecule has 0 bridgehead atoms. The molecule has 0 saturated heterocycles. The fraction of sp³-hybridized carbons (Fsp3) is 0.176. The number of nitriles is 1. The van der Waals surface area contributed by atoms with Gasteiger partial charge in [-0.2, -0.15) is 5.26 Å². The highest BCUT2D eigenvalue weighted by Gasteiger charge is 2.10. The van der Waals surface area contributed by atoms with Crippen LogP contribution < -0.4 is 10.8 Å². The van der Waals surface area contributed by atoms with Crippen LogP contribution >= 0.6 is 0 Å². The van der Waals surface area contributed by atoms with Crippen molar-refractivity contribution < 1.29 is 23.3 Å². The molecule has 2 rings (SSSR count). The highest BCUT2D eigenvalue weighted by Crippen LogP contribution is 2.17. The van der Waals surface area contributed by atoms with Crippen molar-refractivity contribution >= 4 is 34.9 Å². The third kappa shape index (κ3) is 5.42. The van der Waals surface area contributed by atoms with Crippen LogP contribution in [-0.4, -0.2) is 31.5 Å². The van der Waals surface area contributed by atoms with E-state index in [1.165, 1.54) is 18.2 Å². The SMILES string of the molecule is N#Cc1cc(NC(=O)CCCc2ccc(B(O)O)cc2)ccc1[SH](=O)=O. The van der Waals surface area contributed by atoms with E-state index in [9.17, 15) is 13.2 Å². The number of thiol groups is 1. The Balaban J connectivity index is 1.88. The predicted octanol–water partition coefficient (Wildman–Crippen LogP) is 0.170. The van der Waals surface area contributed by atoms with Crippen LogP contribution in [0, 0.1) is 11.3 Å². The molecule has 0 fully saturated rings. The van der Waals surface area contributed by atoms with Gasteiger partial charge in [0.2, 0.25) is 5.91 Å². The van der Waals surface area contributed by atoms with Crippen molar-refractivity contribution in [2.24, 2.45) is 0 Å². The number of rotatable bonds is 7. The van der Waals surface area contributed by atoms with Crippen LogP contribution in [0.25, 0.3) is 0 Å². The Morgan fingerprint density at radius 2 is 1.85 bits per heavy atom. The van der Waals surface area contributed by atoms with E-state index in [1.807, 2.05) is 0 Å². The average molecular weight is 372 g/mol. The number of benzene rings is 2. The second kappa shape index (κ2) is 9.15. The molecule has 0 aromatic heterocycles. The molecule has 26 heavy (non-hydrogen) atoms. The highest BCUT2D eigenvalue weighted by molar-refractivity contribution is 7.72. The van der Waals surface area contributed by atoms with Gasteiger partial charge < -0.3 is 15.4 Å². The van der Waals surface area contributed by atoms with Gasteiger partial charge in [-0.25, -0.2) is 8.42 Å². The number of amides is 1. The number of nitrogens with zero attached hydrogens (tertiary/aromatic N) is 1. The van der Waals surface area contributed by atoms with Crippen molar-refractivity contribution in [1.29, 1.82) is 5.26 Å². The molecule has 2 aromatic carbocycles. The Bertz CT molecular complexity index is 896. The molecule has 1 amide bonds. The van der Waals surface area contributed by atoms with E-state index >= 15 is 0 Å². The summed E-state index contributed by atoms with van der Waals surface area (Å²) in [7, 11) is -4.36. The Labute approximate surface area is 153 Å². The van der Waals surface area contributed by atoms with Gasteiger partial charge in [-0.1, -0.05) is 24.3 Å². The Hall–Kier alpha value is -2.67. The van der Waals surface area contributed by atoms with Crippen LogP contribution in [0.2, 0.25) is 0 Å². The van der Waals surface area contributed by atoms with Gasteiger partial charge >= 0.3 is 7.12 Å². The van der Waals surface area contributed by atoms with Gasteiger partial charge in [0.25, 0.3) is 0 Å². The molecule has 7 nitrogen and oxygen atoms in total. The van der Waals surface area contributed by atoms with Crippen molar-refractivity contribution in [2.75, 3.05) is 5.32 Å². The molecule has 0 atom stereocenters. The number of aryl methyl sites for hydroxylation is 1. The molecule has 0 saturated carbocycles. The molecule has 0 radical (unpaired) electrons. The number of hydrogen-bond acceptors (Lipinski definition) is 6. The minimum atomic E-state index is -2.86. The number of anilines is 1. The predicted molar refractivity (Wildman–Crippen MR) is 97.6 cm³/mol. The summed E-state index contributed by atoms with van der Waals surface area (Å²) >= 11 is 0. The first-order chi connectivity index (χ1) is 12.4. The maximum Gasteiger partial charge on any atom is 0.488 e. The molecule has 0 spiro atoms. The first-order valence-electron chi connectivity index (χ1n) is 7.84. The smallest absolute Gasteiger partial charge is 0.423 e. The third-order valence-corrected chi connectivity index (χ3v) is 4.53. The summed E-state index contributed by atoms with van der Waals surface area (Å²) in [5, 5.41) is 29.7. The topological polar surface area (TPSA) is 127 Å². The van der Waals surface area contributed by atoms with E-state index in [0.717, 1.165) is 5.56 Å². The Morgan fingerprint density at radius 3 is 2.42 bits per heavy atom. The zero-order valence-corrected chi connectivity index (χ0v) is 14.6. The van der Waals surface area contributed by atoms with Crippen LogP contribution in [-0.2, 0) is 21.9 Å². The number of nitrogens with one attached hydrogen (secondary N) is 1. The van der Waals surface area contributed by atoms with Crippen LogP contribution in [0.1, 0.15) is 24.0 Å². The first kappa shape index (κ1) is 19.7. The number of carbonyl (C=O) groups excluding carboxylic acids is 1.